The number of aryl methyl sites for hydroxylation is 1. The van der Waals surface area contributed by atoms with E-state index in [0.717, 1.165) is 36.4 Å². The number of likely N-dealkylation sites (N-methyl/N-ethyl adjacent to an activating group) is 1. The number of nitrogens with one attached hydrogen (secondary N) is 2. The van der Waals surface area contributed by atoms with Crippen molar-refractivity contribution < 1.29 is 32.5 Å². The minimum atomic E-state index is -4.61. The van der Waals surface area contributed by atoms with E-state index < -0.39 is 18.0 Å². The summed E-state index contributed by atoms with van der Waals surface area (Å²) >= 11 is 6.64. The number of hydrogen-bond donors (Lipinski definition) is 3. The molecule has 3 aromatic heterocycles. The van der Waals surface area contributed by atoms with Gasteiger partial charge in [0.2, 0.25) is 11.9 Å². The zero-order valence-corrected chi connectivity index (χ0v) is 22.8. The largest absolute Gasteiger partial charge is 0.454 e. The fraction of sp³-hybridized carbons (Fsp3) is 0.385. The van der Waals surface area contributed by atoms with Crippen LogP contribution in [0.15, 0.2) is 48.1 Å². The zero-order chi connectivity index (χ0) is 29.3. The Labute approximate surface area is 237 Å². The van der Waals surface area contributed by atoms with Crippen molar-refractivity contribution in [1.29, 1.82) is 0 Å². The first-order chi connectivity index (χ1) is 19.5. The van der Waals surface area contributed by atoms with Crippen molar-refractivity contribution in [2.45, 2.75) is 44.2 Å². The number of nitrogens with zero attached hydrogens (tertiary/aromatic N) is 5. The normalized spacial score (nSPS) is 19.5. The minimum Gasteiger partial charge on any atom is -0.454 e. The number of pyridine rings is 2. The molecule has 2 atom stereocenters. The summed E-state index contributed by atoms with van der Waals surface area (Å²) in [5, 5.41) is 16.1. The van der Waals surface area contributed by atoms with Gasteiger partial charge in [0.1, 0.15) is 22.1 Å². The van der Waals surface area contributed by atoms with E-state index in [-0.39, 0.29) is 52.3 Å². The van der Waals surface area contributed by atoms with Gasteiger partial charge in [-0.15, -0.1) is 0 Å². The molecule has 1 saturated heterocycles. The van der Waals surface area contributed by atoms with Crippen molar-refractivity contribution in [3.05, 3.63) is 53.1 Å². The van der Waals surface area contributed by atoms with E-state index in [1.165, 1.54) is 30.1 Å². The molecule has 2 aliphatic heterocycles. The highest BCUT2D eigenvalue weighted by Crippen LogP contribution is 2.37. The van der Waals surface area contributed by atoms with Gasteiger partial charge in [-0.25, -0.2) is 9.97 Å². The molecule has 5 heterocycles. The Kier molecular flexibility index (Phi) is 8.07. The number of hydrogen-bond acceptors (Lipinski definition) is 9. The first-order valence-corrected chi connectivity index (χ1v) is 13.1. The van der Waals surface area contributed by atoms with Crippen LogP contribution in [0.2, 0.25) is 5.02 Å². The Hall–Kier alpha value is -3.88. The van der Waals surface area contributed by atoms with E-state index in [9.17, 15) is 23.1 Å². The predicted molar refractivity (Wildman–Crippen MR) is 144 cm³/mol. The lowest BCUT2D eigenvalue weighted by atomic mass is 10.1. The van der Waals surface area contributed by atoms with E-state index in [1.807, 2.05) is 0 Å². The molecule has 218 valence electrons. The molecular weight excluding hydrogens is 567 g/mol. The molecule has 0 spiro atoms. The summed E-state index contributed by atoms with van der Waals surface area (Å²) in [6, 6.07) is 3.12. The second-order valence-electron chi connectivity index (χ2n) is 9.67. The molecular formula is C26H27ClF3N7O4. The van der Waals surface area contributed by atoms with Gasteiger partial charge in [0, 0.05) is 39.2 Å². The molecule has 11 nitrogen and oxygen atoms in total. The van der Waals surface area contributed by atoms with Gasteiger partial charge in [0.15, 0.2) is 17.6 Å². The van der Waals surface area contributed by atoms with Gasteiger partial charge < -0.3 is 34.7 Å². The molecule has 0 radical (unpaired) electrons. The summed E-state index contributed by atoms with van der Waals surface area (Å²) in [5.74, 6) is 0.672. The molecule has 15 heteroatoms. The van der Waals surface area contributed by atoms with E-state index in [0.29, 0.717) is 17.9 Å². The molecule has 0 saturated carbocycles. The summed E-state index contributed by atoms with van der Waals surface area (Å²) in [6.07, 6.45) is 1.47. The Morgan fingerprint density at radius 3 is 2.83 bits per heavy atom. The summed E-state index contributed by atoms with van der Waals surface area (Å²) in [4.78, 5) is 26.2. The maximum atomic E-state index is 13.3. The maximum Gasteiger partial charge on any atom is 0.417 e. The Bertz CT molecular complexity index is 1520. The number of carbonyl (C=O) groups is 1. The highest BCUT2D eigenvalue weighted by atomic mass is 35.5. The molecule has 3 N–H and O–H groups in total. The standard InChI is InChI=1S/C26H27ClF3N7O4/c1-36-13-14(26(28,29)30)9-17(24(36)39)33-25-35-23-22(37(25)2)21(27)18(12-32-23)41-16-6-7-31-19(10-16)34-20(38)11-15-5-3-4-8-40-15/h6-7,9-10,12-13,15,24,39H,3-5,8,11H2,1-2H3,(H,31,34,38)(H,32,33,35)/t15-,24?/m1/s1. The van der Waals surface area contributed by atoms with Gasteiger partial charge in [-0.05, 0) is 31.4 Å². The van der Waals surface area contributed by atoms with Crippen LogP contribution < -0.4 is 15.4 Å². The smallest absolute Gasteiger partial charge is 0.417 e. The van der Waals surface area contributed by atoms with E-state index in [1.54, 1.807) is 13.1 Å². The van der Waals surface area contributed by atoms with Crippen LogP contribution in [0.5, 0.6) is 11.5 Å². The molecule has 0 aliphatic carbocycles. The van der Waals surface area contributed by atoms with Gasteiger partial charge in [-0.2, -0.15) is 18.2 Å². The number of fused-ring (bicyclic) bond motifs is 1. The molecule has 5 rings (SSSR count). The van der Waals surface area contributed by atoms with Crippen LogP contribution in [0.1, 0.15) is 25.7 Å². The number of imidazole rings is 1. The summed E-state index contributed by atoms with van der Waals surface area (Å²) in [5.41, 5.74) is -0.526. The van der Waals surface area contributed by atoms with Crippen LogP contribution in [0.25, 0.3) is 11.2 Å². The van der Waals surface area contributed by atoms with E-state index in [2.05, 4.69) is 25.6 Å². The summed E-state index contributed by atoms with van der Waals surface area (Å²) in [6.45, 7) is 0.653. The number of anilines is 2. The van der Waals surface area contributed by atoms with E-state index >= 15 is 0 Å². The third-order valence-corrected chi connectivity index (χ3v) is 6.99. The summed E-state index contributed by atoms with van der Waals surface area (Å²) in [7, 11) is 2.91. The van der Waals surface area contributed by atoms with Crippen molar-refractivity contribution in [1.82, 2.24) is 24.4 Å². The highest BCUT2D eigenvalue weighted by Gasteiger charge is 2.36. The number of aliphatic hydroxyl groups is 1. The molecule has 1 amide bonds. The second-order valence-corrected chi connectivity index (χ2v) is 10.0. The van der Waals surface area contributed by atoms with Crippen LogP contribution in [0.3, 0.4) is 0 Å². The Balaban J connectivity index is 1.33. The maximum absolute atomic E-state index is 13.3. The molecule has 1 fully saturated rings. The van der Waals surface area contributed by atoms with Crippen LogP contribution >= 0.6 is 11.6 Å². The fourth-order valence-corrected chi connectivity index (χ4v) is 4.81. The SMILES string of the molecule is CN1C=C(C(F)(F)F)C=C(Nc2nc3ncc(Oc4ccnc(NC(=O)C[C@H]5CCCCO5)c4)c(Cl)c3n2C)C1O. The number of carbonyl (C=O) groups excluding carboxylic acids is 1. The molecule has 0 bridgehead atoms. The first-order valence-electron chi connectivity index (χ1n) is 12.7. The lowest BCUT2D eigenvalue weighted by Crippen LogP contribution is -2.36. The van der Waals surface area contributed by atoms with Gasteiger partial charge >= 0.3 is 6.18 Å². The monoisotopic (exact) mass is 593 g/mol. The second kappa shape index (κ2) is 11.5. The third kappa shape index (κ3) is 6.39. The number of aromatic nitrogens is 4. The van der Waals surface area contributed by atoms with Crippen molar-refractivity contribution in [2.24, 2.45) is 7.05 Å². The Morgan fingerprint density at radius 1 is 1.29 bits per heavy atom. The number of aliphatic hydroxyl groups excluding tert-OH is 1. The third-order valence-electron chi connectivity index (χ3n) is 6.62. The van der Waals surface area contributed by atoms with Gasteiger partial charge in [0.25, 0.3) is 0 Å². The van der Waals surface area contributed by atoms with Crippen molar-refractivity contribution >= 4 is 40.4 Å². The summed E-state index contributed by atoms with van der Waals surface area (Å²) < 4.78 is 53.0. The number of halogens is 4. The minimum absolute atomic E-state index is 0.101. The van der Waals surface area contributed by atoms with Gasteiger partial charge in [-0.3, -0.25) is 4.79 Å². The van der Waals surface area contributed by atoms with Gasteiger partial charge in [-0.1, -0.05) is 11.6 Å². The number of rotatable bonds is 7. The van der Waals surface area contributed by atoms with Crippen LogP contribution in [0, 0.1) is 0 Å². The molecule has 3 aromatic rings. The number of alkyl halides is 3. The zero-order valence-electron chi connectivity index (χ0n) is 22.1. The molecule has 1 unspecified atom stereocenters. The lowest BCUT2D eigenvalue weighted by Gasteiger charge is -2.30. The number of allylic oxidation sites excluding steroid dienone is 2. The van der Waals surface area contributed by atoms with Crippen LogP contribution in [-0.2, 0) is 16.6 Å². The predicted octanol–water partition coefficient (Wildman–Crippen LogP) is 4.71. The van der Waals surface area contributed by atoms with Crippen LogP contribution in [-0.4, -0.2) is 67.6 Å². The molecule has 2 aliphatic rings. The van der Waals surface area contributed by atoms with Crippen LogP contribution in [0.4, 0.5) is 24.9 Å². The highest BCUT2D eigenvalue weighted by molar-refractivity contribution is 6.36. The average molecular weight is 594 g/mol. The van der Waals surface area contributed by atoms with Crippen molar-refractivity contribution in [2.75, 3.05) is 24.3 Å². The lowest BCUT2D eigenvalue weighted by molar-refractivity contribution is -0.119. The van der Waals surface area contributed by atoms with E-state index in [4.69, 9.17) is 21.1 Å². The average Bonchev–Trinajstić information content (AvgIpc) is 3.24. The fourth-order valence-electron chi connectivity index (χ4n) is 4.51. The molecule has 41 heavy (non-hydrogen) atoms. The number of ether oxygens (including phenoxy) is 2. The molecule has 0 aromatic carbocycles. The van der Waals surface area contributed by atoms with Crippen molar-refractivity contribution in [3.63, 3.8) is 0 Å². The first kappa shape index (κ1) is 28.6. The topological polar surface area (TPSA) is 127 Å². The van der Waals surface area contributed by atoms with Gasteiger partial charge in [0.05, 0.1) is 30.0 Å². The van der Waals surface area contributed by atoms with Crippen molar-refractivity contribution in [3.8, 4) is 11.5 Å². The number of amides is 1. The quantitative estimate of drug-likeness (QED) is 0.357. The Morgan fingerprint density at radius 2 is 2.10 bits per heavy atom.